The van der Waals surface area contributed by atoms with Crippen molar-refractivity contribution in [2.75, 3.05) is 23.9 Å². The molecule has 232 valence electrons. The van der Waals surface area contributed by atoms with Crippen molar-refractivity contribution < 1.29 is 38.8 Å². The molecule has 0 amide bonds. The van der Waals surface area contributed by atoms with Gasteiger partial charge >= 0.3 is 7.60 Å². The van der Waals surface area contributed by atoms with Crippen molar-refractivity contribution in [3.05, 3.63) is 17.4 Å². The van der Waals surface area contributed by atoms with E-state index in [0.717, 1.165) is 12.8 Å². The second kappa shape index (κ2) is 14.6. The third kappa shape index (κ3) is 9.64. The van der Waals surface area contributed by atoms with Gasteiger partial charge in [-0.15, -0.1) is 0 Å². The molecule has 13 nitrogen and oxygen atoms in total. The molecule has 0 spiro atoms. The van der Waals surface area contributed by atoms with Crippen molar-refractivity contribution in [1.82, 2.24) is 19.5 Å². The summed E-state index contributed by atoms with van der Waals surface area (Å²) in [6.07, 6.45) is 11.5. The van der Waals surface area contributed by atoms with E-state index >= 15 is 0 Å². The molecule has 2 aromatic heterocycles. The van der Waals surface area contributed by atoms with Crippen LogP contribution >= 0.6 is 26.6 Å². The Balaban J connectivity index is 1.61. The number of ether oxygens (including phenoxy) is 1. The molecule has 0 aliphatic carbocycles. The van der Waals surface area contributed by atoms with E-state index in [1.54, 1.807) is 0 Å². The molecule has 2 aromatic rings. The number of unbranched alkanes of at least 4 members (excludes halogenated alkanes) is 9. The maximum absolute atomic E-state index is 12.3. The summed E-state index contributed by atoms with van der Waals surface area (Å²) >= 11 is 6.18. The van der Waals surface area contributed by atoms with Crippen molar-refractivity contribution in [2.45, 2.75) is 96.2 Å². The lowest BCUT2D eigenvalue weighted by atomic mass is 9.97. The number of aliphatic hydroxyl groups is 2. The van der Waals surface area contributed by atoms with Gasteiger partial charge in [-0.25, -0.2) is 9.55 Å². The highest BCUT2D eigenvalue weighted by molar-refractivity contribution is 7.72. The van der Waals surface area contributed by atoms with Crippen LogP contribution in [0.3, 0.4) is 0 Å². The van der Waals surface area contributed by atoms with E-state index in [0.29, 0.717) is 17.9 Å². The van der Waals surface area contributed by atoms with E-state index in [1.807, 2.05) is 0 Å². The molecule has 0 radical (unpaired) electrons. The van der Waals surface area contributed by atoms with Crippen LogP contribution in [-0.2, 0) is 13.9 Å². The van der Waals surface area contributed by atoms with Gasteiger partial charge in [-0.1, -0.05) is 64.7 Å². The summed E-state index contributed by atoms with van der Waals surface area (Å²) in [6.45, 7) is 4.15. The van der Waals surface area contributed by atoms with Gasteiger partial charge in [0.1, 0.15) is 18.3 Å². The standard InChI is InChI=1S/C25H42ClN5O8P2/c1-3-4-5-6-7-8-9-10-11-12-14-27-21-19-22(30-24(26)29-21)31(16-28-19)23-20(32)25(2,33)18(39-23)13-15-40(34,35)17-41(36,37)38/h16,18,32-33H,3-15,17H2,1-2H3,(H,34,35)(H,27,29,30)(H2,36,37,38)/t18-,25?/m1/s1. The lowest BCUT2D eigenvalue weighted by Gasteiger charge is -2.25. The molecule has 0 fully saturated rings. The number of imidazole rings is 1. The quantitative estimate of drug-likeness (QED) is 0.0687. The van der Waals surface area contributed by atoms with Crippen LogP contribution in [0, 0.1) is 0 Å². The molecule has 41 heavy (non-hydrogen) atoms. The zero-order valence-electron chi connectivity index (χ0n) is 23.6. The molecule has 1 aliphatic rings. The van der Waals surface area contributed by atoms with Gasteiger partial charge in [-0.05, 0) is 31.4 Å². The van der Waals surface area contributed by atoms with E-state index in [-0.39, 0.29) is 23.2 Å². The molecule has 2 unspecified atom stereocenters. The van der Waals surface area contributed by atoms with Crippen LogP contribution < -0.4 is 5.32 Å². The fraction of sp³-hybridized carbons (Fsp3) is 0.720. The average Bonchev–Trinajstić information content (AvgIpc) is 3.37. The molecule has 6 N–H and O–H groups in total. The Morgan fingerprint density at radius 2 is 1.66 bits per heavy atom. The molecule has 0 saturated carbocycles. The predicted octanol–water partition coefficient (Wildman–Crippen LogP) is 5.44. The summed E-state index contributed by atoms with van der Waals surface area (Å²) < 4.78 is 30.5. The van der Waals surface area contributed by atoms with E-state index < -0.39 is 44.5 Å². The van der Waals surface area contributed by atoms with Gasteiger partial charge in [0, 0.05) is 12.7 Å². The van der Waals surface area contributed by atoms with Crippen LogP contribution in [0.15, 0.2) is 12.1 Å². The fourth-order valence-corrected chi connectivity index (χ4v) is 8.50. The van der Waals surface area contributed by atoms with E-state index in [2.05, 4.69) is 27.2 Å². The number of hydrogen-bond donors (Lipinski definition) is 6. The topological polar surface area (TPSA) is 200 Å². The minimum atomic E-state index is -4.72. The van der Waals surface area contributed by atoms with Crippen LogP contribution in [0.1, 0.15) is 84.5 Å². The number of anilines is 1. The second-order valence-electron chi connectivity index (χ2n) is 10.8. The summed E-state index contributed by atoms with van der Waals surface area (Å²) in [5.41, 5.74) is -1.38. The lowest BCUT2D eigenvalue weighted by molar-refractivity contribution is -0.0287. The zero-order valence-corrected chi connectivity index (χ0v) is 26.1. The number of aliphatic hydroxyl groups excluding tert-OH is 1. The first-order valence-electron chi connectivity index (χ1n) is 14.1. The first-order valence-corrected chi connectivity index (χ1v) is 18.3. The van der Waals surface area contributed by atoms with Crippen LogP contribution in [0.4, 0.5) is 5.82 Å². The maximum Gasteiger partial charge on any atom is 0.335 e. The Labute approximate surface area is 245 Å². The Kier molecular flexibility index (Phi) is 12.1. The normalized spacial score (nSPS) is 20.9. The molecule has 16 heteroatoms. The van der Waals surface area contributed by atoms with Crippen LogP contribution in [-0.4, -0.2) is 74.7 Å². The Hall–Kier alpha value is -1.72. The van der Waals surface area contributed by atoms with Crippen LogP contribution in [0.25, 0.3) is 17.0 Å². The largest absolute Gasteiger partial charge is 0.505 e. The van der Waals surface area contributed by atoms with Crippen molar-refractivity contribution in [3.63, 3.8) is 0 Å². The average molecular weight is 638 g/mol. The van der Waals surface area contributed by atoms with Crippen LogP contribution in [0.5, 0.6) is 0 Å². The van der Waals surface area contributed by atoms with E-state index in [1.165, 1.54) is 69.2 Å². The fourth-order valence-electron chi connectivity index (χ4n) is 4.83. The monoisotopic (exact) mass is 637 g/mol. The van der Waals surface area contributed by atoms with Gasteiger partial charge in [0.05, 0.1) is 0 Å². The number of aromatic nitrogens is 4. The SMILES string of the molecule is CCCCCCCCCCCCNc1nc(Cl)nc2c1ncn2C1=C(O)C(C)(O)[C@@H](CCP(=O)(O)CP(=O)(O)O)O1. The first kappa shape index (κ1) is 33.8. The first-order chi connectivity index (χ1) is 19.2. The number of nitrogens with one attached hydrogen (secondary N) is 1. The Morgan fingerprint density at radius 3 is 2.27 bits per heavy atom. The number of nitrogens with zero attached hydrogens (tertiary/aromatic N) is 4. The molecular weight excluding hydrogens is 596 g/mol. The third-order valence-corrected chi connectivity index (χ3v) is 11.5. The summed E-state index contributed by atoms with van der Waals surface area (Å²) in [5.74, 6) is -1.52. The molecule has 0 aromatic carbocycles. The van der Waals surface area contributed by atoms with Gasteiger partial charge < -0.3 is 34.9 Å². The van der Waals surface area contributed by atoms with Gasteiger partial charge in [0.15, 0.2) is 28.3 Å². The minimum absolute atomic E-state index is 0.0649. The summed E-state index contributed by atoms with van der Waals surface area (Å²) in [4.78, 5) is 40.9. The molecule has 1 aliphatic heterocycles. The molecule has 0 saturated heterocycles. The number of hydrogen-bond acceptors (Lipinski definition) is 9. The highest BCUT2D eigenvalue weighted by Crippen LogP contribution is 2.55. The Bertz CT molecular complexity index is 1300. The van der Waals surface area contributed by atoms with E-state index in [9.17, 15) is 24.2 Å². The smallest absolute Gasteiger partial charge is 0.335 e. The second-order valence-corrected chi connectivity index (χ2v) is 15.7. The van der Waals surface area contributed by atoms with Gasteiger partial charge in [-0.2, -0.15) is 9.97 Å². The molecule has 3 heterocycles. The zero-order chi connectivity index (χ0) is 30.3. The third-order valence-electron chi connectivity index (χ3n) is 7.12. The summed E-state index contributed by atoms with van der Waals surface area (Å²) in [7, 11) is -8.95. The Morgan fingerprint density at radius 1 is 1.05 bits per heavy atom. The number of halogens is 1. The van der Waals surface area contributed by atoms with E-state index in [4.69, 9.17) is 26.1 Å². The number of rotatable bonds is 18. The van der Waals surface area contributed by atoms with Gasteiger partial charge in [0.25, 0.3) is 0 Å². The minimum Gasteiger partial charge on any atom is -0.505 e. The van der Waals surface area contributed by atoms with Gasteiger partial charge in [-0.3, -0.25) is 9.13 Å². The predicted molar refractivity (Wildman–Crippen MR) is 158 cm³/mol. The molecule has 3 atom stereocenters. The highest BCUT2D eigenvalue weighted by Gasteiger charge is 2.48. The van der Waals surface area contributed by atoms with Crippen LogP contribution in [0.2, 0.25) is 5.28 Å². The molecular formula is C25H42ClN5O8P2. The summed E-state index contributed by atoms with van der Waals surface area (Å²) in [6, 6.07) is 0. The van der Waals surface area contributed by atoms with Gasteiger partial charge in [0.2, 0.25) is 18.5 Å². The van der Waals surface area contributed by atoms with Crippen molar-refractivity contribution in [2.24, 2.45) is 0 Å². The molecule has 0 bridgehead atoms. The van der Waals surface area contributed by atoms with Crippen molar-refractivity contribution in [3.8, 4) is 0 Å². The molecule has 3 rings (SSSR count). The highest BCUT2D eigenvalue weighted by atomic mass is 35.5. The van der Waals surface area contributed by atoms with Crippen molar-refractivity contribution >= 4 is 49.4 Å². The lowest BCUT2D eigenvalue weighted by Crippen LogP contribution is -2.38. The van der Waals surface area contributed by atoms with Crippen molar-refractivity contribution in [1.29, 1.82) is 0 Å². The maximum atomic E-state index is 12.3. The summed E-state index contributed by atoms with van der Waals surface area (Å²) in [5, 5.41) is 24.9. The number of fused-ring (bicyclic) bond motifs is 1.